The molecule has 0 unspecified atom stereocenters. The van der Waals surface area contributed by atoms with Gasteiger partial charge in [0, 0.05) is 67.2 Å². The molecule has 108 heavy (non-hydrogen) atoms. The molecule has 9 heterocycles. The maximum absolute atomic E-state index is 2.72. The number of para-hydroxylation sites is 3. The lowest BCUT2D eigenvalue weighted by Gasteiger charge is -2.39. The van der Waals surface area contributed by atoms with Crippen LogP contribution in [0.5, 0.6) is 0 Å². The maximum atomic E-state index is 2.72. The molecule has 12 aromatic rings. The quantitative estimate of drug-likeness (QED) is 0.0905. The molecule has 0 N–H and O–H groups in total. The fourth-order valence-electron chi connectivity index (χ4n) is 19.6. The first-order valence-electron chi connectivity index (χ1n) is 40.6. The lowest BCUT2D eigenvalue weighted by molar-refractivity contribution is -0.523. The van der Waals surface area contributed by atoms with E-state index in [0.717, 1.165) is 32.5 Å². The summed E-state index contributed by atoms with van der Waals surface area (Å²) in [5.41, 5.74) is 37.8. The summed E-state index contributed by atoms with van der Waals surface area (Å²) in [5, 5.41) is 0. The van der Waals surface area contributed by atoms with Gasteiger partial charge in [0.2, 0.25) is 0 Å². The van der Waals surface area contributed by atoms with Crippen LogP contribution < -0.4 is 44.3 Å². The van der Waals surface area contributed by atoms with Gasteiger partial charge in [-0.2, -0.15) is 0 Å². The average molecular weight is 1420 g/mol. The Labute approximate surface area is 646 Å². The van der Waals surface area contributed by atoms with Crippen LogP contribution in [0.1, 0.15) is 230 Å². The van der Waals surface area contributed by atoms with Crippen molar-refractivity contribution in [2.75, 3.05) is 14.4 Å². The van der Waals surface area contributed by atoms with E-state index in [1.54, 1.807) is 0 Å². The molecule has 0 spiro atoms. The molecule has 12 heteroatoms. The van der Waals surface area contributed by atoms with E-state index in [2.05, 4.69) is 381 Å². The van der Waals surface area contributed by atoms with E-state index in [4.69, 9.17) is 0 Å². The van der Waals surface area contributed by atoms with E-state index < -0.39 is 0 Å². The van der Waals surface area contributed by atoms with Gasteiger partial charge in [-0.25, -0.2) is 13.7 Å². The van der Waals surface area contributed by atoms with Crippen molar-refractivity contribution >= 4 is 71.5 Å². The van der Waals surface area contributed by atoms with E-state index in [-0.39, 0.29) is 20.9 Å². The van der Waals surface area contributed by atoms with Crippen molar-refractivity contribution in [3.63, 3.8) is 0 Å². The molecule has 3 aromatic heterocycles. The Balaban J connectivity index is 0.000000124. The largest absolute Gasteiger partial charge is 0.542 e. The molecule has 0 saturated carbocycles. The Morgan fingerprint density at radius 2 is 0.556 bits per heavy atom. The molecule has 6 aliphatic heterocycles. The first-order chi connectivity index (χ1) is 51.9. The lowest BCUT2D eigenvalue weighted by Crippen LogP contribution is -2.71. The normalized spacial score (nSPS) is 13.9. The average Bonchev–Trinajstić information content (AvgIpc) is 1.51. The lowest BCUT2D eigenvalue weighted by atomic mass is 9.57. The molecule has 546 valence electrons. The van der Waals surface area contributed by atoms with Gasteiger partial charge in [0.15, 0.2) is 0 Å². The number of hydrogen-bond donors (Lipinski definition) is 0. The van der Waals surface area contributed by atoms with E-state index in [1.807, 2.05) is 0 Å². The molecule has 0 amide bonds. The van der Waals surface area contributed by atoms with Gasteiger partial charge in [-0.3, -0.25) is 13.4 Å². The molecule has 18 rings (SSSR count). The molecule has 0 saturated heterocycles. The third-order valence-electron chi connectivity index (χ3n) is 24.3. The minimum absolute atomic E-state index is 0.0421. The predicted octanol–water partition coefficient (Wildman–Crippen LogP) is 20.0. The Morgan fingerprint density at radius 3 is 0.852 bits per heavy atom. The number of benzene rings is 9. The Morgan fingerprint density at radius 1 is 0.296 bits per heavy atom. The standard InChI is InChI=1S/C34H41BN3.C32H37BN3.C30H33BN3/c1-21(2)26-13-10-14-27(22(3)4)32(26)35-37-19-18-36-20-25-12-9-17-30(31(25)34(36)37)38(35)33-28(23(5)6)15-11-16-29(33)24(7)8;1-21(2)18-25-12-8-13-26(19-22(3)4)31(25)36-28-15-9-14-27-20-34-16-17-35(32(34)29(27)28)33(36)30-23(5)10-7-11-24(30)6;1-19(2)24-13-9-14-25(20(3)4)29(24)34-26-15-8-12-23-18-32-16-17-33(30(32)27(23)26)31(34)28-21(5)10-7-11-22(28)6/h9-19,21-24H,20H2,1-8H3;7-17,21-22H,18-20H2,1-6H3;7-17,19-20H,18H2,1-6H3/q3*+1. The fraction of sp³-hybridized carbons (Fsp3) is 0.344. The van der Waals surface area contributed by atoms with Crippen LogP contribution >= 0.6 is 0 Å². The SMILES string of the molecule is CC(C)c1cccc(C(C)C)c1B1N(c2c(C(C)C)cccc2C(C)C)c2cccc3c2-c2n(cc[n+]21)C3.Cc1cccc(C)c1B1N(c2c(C(C)C)cccc2C(C)C)c2cccc3c2-c2n(cc[n+]21)C3.Cc1cccc(C)c1B1N(c2c(CC(C)C)cccc2CC(C)C)c2cccc3c2-c2n(cc[n+]21)C3. The zero-order valence-electron chi connectivity index (χ0n) is 68.0. The molecule has 9 nitrogen and oxygen atoms in total. The van der Waals surface area contributed by atoms with Gasteiger partial charge in [-0.15, -0.1) is 0 Å². The number of nitrogens with zero attached hydrogens (tertiary/aromatic N) is 9. The number of imidazole rings is 3. The number of rotatable bonds is 16. The summed E-state index contributed by atoms with van der Waals surface area (Å²) < 4.78 is 14.9. The Bertz CT molecular complexity index is 5330. The van der Waals surface area contributed by atoms with Crippen LogP contribution in [0.25, 0.3) is 34.2 Å². The van der Waals surface area contributed by atoms with Gasteiger partial charge in [0.25, 0.3) is 17.5 Å². The van der Waals surface area contributed by atoms with Crippen molar-refractivity contribution in [1.82, 2.24) is 13.7 Å². The maximum Gasteiger partial charge on any atom is 0.542 e. The molecule has 0 radical (unpaired) electrons. The van der Waals surface area contributed by atoms with Gasteiger partial charge >= 0.3 is 20.9 Å². The molecule has 0 fully saturated rings. The summed E-state index contributed by atoms with van der Waals surface area (Å²) in [6.07, 6.45) is 15.9. The second kappa shape index (κ2) is 28.3. The van der Waals surface area contributed by atoms with Crippen LogP contribution in [-0.2, 0) is 32.5 Å². The second-order valence-corrected chi connectivity index (χ2v) is 34.7. The first-order valence-corrected chi connectivity index (χ1v) is 40.6. The van der Waals surface area contributed by atoms with Crippen LogP contribution in [0.4, 0.5) is 34.1 Å². The van der Waals surface area contributed by atoms with E-state index >= 15 is 0 Å². The van der Waals surface area contributed by atoms with Crippen molar-refractivity contribution in [2.45, 2.75) is 206 Å². The molecular formula is C96H111B3N9+3. The zero-order chi connectivity index (χ0) is 75.7. The monoisotopic (exact) mass is 1420 g/mol. The summed E-state index contributed by atoms with van der Waals surface area (Å²) in [6.45, 7) is 49.5. The highest BCUT2D eigenvalue weighted by Gasteiger charge is 2.55. The van der Waals surface area contributed by atoms with Crippen LogP contribution in [0.2, 0.25) is 0 Å². The molecule has 0 atom stereocenters. The molecular weight excluding hydrogens is 1310 g/mol. The summed E-state index contributed by atoms with van der Waals surface area (Å²) in [6, 6.07) is 62.1. The molecule has 6 aliphatic rings. The highest BCUT2D eigenvalue weighted by Crippen LogP contribution is 2.52. The van der Waals surface area contributed by atoms with Crippen LogP contribution in [0, 0.1) is 39.5 Å². The van der Waals surface area contributed by atoms with Gasteiger partial charge in [0.1, 0.15) is 56.8 Å². The Hall–Kier alpha value is -9.80. The van der Waals surface area contributed by atoms with E-state index in [1.165, 1.54) is 168 Å². The number of aryl methyl sites for hydroxylation is 4. The minimum Gasteiger partial charge on any atom is -0.338 e. The van der Waals surface area contributed by atoms with Crippen molar-refractivity contribution < 1.29 is 13.4 Å². The number of anilines is 6. The summed E-state index contributed by atoms with van der Waals surface area (Å²) in [5.74, 6) is 7.76. The van der Waals surface area contributed by atoms with Gasteiger partial charge in [0.05, 0.1) is 16.7 Å². The first kappa shape index (κ1) is 72.4. The molecule has 0 bridgehead atoms. The number of hydrogen-bond acceptors (Lipinski definition) is 3. The fourth-order valence-corrected chi connectivity index (χ4v) is 19.6. The van der Waals surface area contributed by atoms with Crippen molar-refractivity contribution in [3.05, 3.63) is 284 Å². The van der Waals surface area contributed by atoms with Crippen LogP contribution in [0.3, 0.4) is 0 Å². The third kappa shape index (κ3) is 11.9. The second-order valence-electron chi connectivity index (χ2n) is 34.7. The number of aromatic nitrogens is 6. The predicted molar refractivity (Wildman–Crippen MR) is 455 cm³/mol. The summed E-state index contributed by atoms with van der Waals surface area (Å²) in [4.78, 5) is 8.09. The third-order valence-corrected chi connectivity index (χ3v) is 24.3. The molecule has 0 aliphatic carbocycles. The van der Waals surface area contributed by atoms with Gasteiger partial charge in [-0.1, -0.05) is 256 Å². The van der Waals surface area contributed by atoms with Crippen molar-refractivity contribution in [2.24, 2.45) is 11.8 Å². The van der Waals surface area contributed by atoms with Crippen molar-refractivity contribution in [3.8, 4) is 34.2 Å². The van der Waals surface area contributed by atoms with Crippen LogP contribution in [0.15, 0.2) is 201 Å². The van der Waals surface area contributed by atoms with Crippen LogP contribution in [-0.4, -0.2) is 34.6 Å². The van der Waals surface area contributed by atoms with Gasteiger partial charge in [-0.05, 0) is 173 Å². The summed E-state index contributed by atoms with van der Waals surface area (Å²) >= 11 is 0. The minimum atomic E-state index is 0.0421. The zero-order valence-corrected chi connectivity index (χ0v) is 68.0. The Kier molecular flexibility index (Phi) is 19.0. The molecule has 9 aromatic carbocycles. The highest BCUT2D eigenvalue weighted by molar-refractivity contribution is 6.74. The van der Waals surface area contributed by atoms with E-state index in [0.29, 0.717) is 47.3 Å². The highest BCUT2D eigenvalue weighted by atomic mass is 15.3. The van der Waals surface area contributed by atoms with Gasteiger partial charge < -0.3 is 14.4 Å². The van der Waals surface area contributed by atoms with E-state index in [9.17, 15) is 0 Å². The topological polar surface area (TPSA) is 36.1 Å². The summed E-state index contributed by atoms with van der Waals surface area (Å²) in [7, 11) is 0. The van der Waals surface area contributed by atoms with Crippen molar-refractivity contribution in [1.29, 1.82) is 0 Å². The smallest absolute Gasteiger partial charge is 0.338 e.